The summed E-state index contributed by atoms with van der Waals surface area (Å²) in [6.45, 7) is 2.52. The predicted molar refractivity (Wildman–Crippen MR) is 116 cm³/mol. The molecule has 0 aliphatic rings. The number of nitrogens with zero attached hydrogens (tertiary/aromatic N) is 3. The van der Waals surface area contributed by atoms with Crippen molar-refractivity contribution in [1.82, 2.24) is 14.8 Å². The smallest absolute Gasteiger partial charge is 0.234 e. The molecule has 0 atom stereocenters. The number of carbonyl (C=O) groups is 1. The molecular weight excluding hydrogens is 487 g/mol. The molecule has 3 aromatic rings. The van der Waals surface area contributed by atoms with Crippen molar-refractivity contribution in [2.75, 3.05) is 11.1 Å². The number of aromatic nitrogens is 3. The van der Waals surface area contributed by atoms with Gasteiger partial charge in [-0.1, -0.05) is 57.0 Å². The molecule has 0 radical (unpaired) electrons. The number of carbonyl (C=O) groups excluding carboxylic acids is 1. The summed E-state index contributed by atoms with van der Waals surface area (Å²) in [5, 5.41) is 22.5. The Bertz CT molecular complexity index is 1010. The third-order valence-corrected chi connectivity index (χ3v) is 5.88. The topological polar surface area (TPSA) is 80.0 Å². The molecule has 0 bridgehead atoms. The van der Waals surface area contributed by atoms with E-state index in [9.17, 15) is 9.90 Å². The molecule has 1 amide bonds. The maximum Gasteiger partial charge on any atom is 0.234 e. The van der Waals surface area contributed by atoms with Crippen molar-refractivity contribution >= 4 is 62.5 Å². The number of anilines is 1. The van der Waals surface area contributed by atoms with Gasteiger partial charge in [0.1, 0.15) is 5.75 Å². The van der Waals surface area contributed by atoms with Gasteiger partial charge in [0, 0.05) is 11.0 Å². The Morgan fingerprint density at radius 3 is 2.64 bits per heavy atom. The first-order valence-corrected chi connectivity index (χ1v) is 10.7. The van der Waals surface area contributed by atoms with Crippen LogP contribution in [0.1, 0.15) is 6.92 Å². The first-order chi connectivity index (χ1) is 13.4. The minimum absolute atomic E-state index is 0.101. The van der Waals surface area contributed by atoms with Crippen LogP contribution in [-0.2, 0) is 11.3 Å². The number of phenolic OH excluding ortho intramolecular Hbond substituents is 1. The fourth-order valence-corrected chi connectivity index (χ4v) is 4.15. The Balaban J connectivity index is 1.76. The number of hydrogen-bond acceptors (Lipinski definition) is 5. The Labute approximate surface area is 184 Å². The van der Waals surface area contributed by atoms with Gasteiger partial charge in [0.15, 0.2) is 11.0 Å². The molecule has 0 saturated carbocycles. The van der Waals surface area contributed by atoms with Crippen LogP contribution in [0, 0.1) is 0 Å². The van der Waals surface area contributed by atoms with Crippen LogP contribution < -0.4 is 5.32 Å². The van der Waals surface area contributed by atoms with Gasteiger partial charge in [-0.05, 0) is 37.3 Å². The number of rotatable bonds is 6. The summed E-state index contributed by atoms with van der Waals surface area (Å²) >= 11 is 16.8. The number of benzene rings is 2. The fourth-order valence-electron chi connectivity index (χ4n) is 2.49. The molecule has 1 aromatic heterocycles. The molecule has 28 heavy (non-hydrogen) atoms. The third-order valence-electron chi connectivity index (χ3n) is 3.79. The van der Waals surface area contributed by atoms with Crippen molar-refractivity contribution in [3.63, 3.8) is 0 Å². The number of amides is 1. The molecule has 2 aromatic carbocycles. The number of para-hydroxylation sites is 1. The van der Waals surface area contributed by atoms with Gasteiger partial charge in [0.2, 0.25) is 5.91 Å². The van der Waals surface area contributed by atoms with Crippen molar-refractivity contribution in [2.45, 2.75) is 18.6 Å². The Morgan fingerprint density at radius 1 is 1.25 bits per heavy atom. The van der Waals surface area contributed by atoms with Crippen LogP contribution in [0.4, 0.5) is 5.69 Å². The highest BCUT2D eigenvalue weighted by Gasteiger charge is 2.18. The summed E-state index contributed by atoms with van der Waals surface area (Å²) in [5.41, 5.74) is 0.941. The summed E-state index contributed by atoms with van der Waals surface area (Å²) in [4.78, 5) is 12.3. The number of thioether (sulfide) groups is 1. The number of aromatic hydroxyl groups is 1. The molecule has 0 spiro atoms. The summed E-state index contributed by atoms with van der Waals surface area (Å²) in [6, 6.07) is 10.1. The SMILES string of the molecule is CCn1c(SCC(=O)Nc2c(Cl)cccc2Cl)nnc1-c1cc(Br)ccc1O. The van der Waals surface area contributed by atoms with Crippen LogP contribution in [0.15, 0.2) is 46.0 Å². The molecule has 0 fully saturated rings. The van der Waals surface area contributed by atoms with Gasteiger partial charge in [-0.2, -0.15) is 0 Å². The lowest BCUT2D eigenvalue weighted by atomic mass is 10.2. The van der Waals surface area contributed by atoms with E-state index in [2.05, 4.69) is 31.4 Å². The highest BCUT2D eigenvalue weighted by atomic mass is 79.9. The van der Waals surface area contributed by atoms with E-state index in [1.54, 1.807) is 36.4 Å². The Hall–Kier alpha value is -1.74. The Kier molecular flexibility index (Phi) is 6.87. The van der Waals surface area contributed by atoms with E-state index in [1.165, 1.54) is 11.8 Å². The maximum atomic E-state index is 12.3. The first kappa shape index (κ1) is 21.0. The zero-order chi connectivity index (χ0) is 20.3. The quantitative estimate of drug-likeness (QED) is 0.437. The second kappa shape index (κ2) is 9.17. The lowest BCUT2D eigenvalue weighted by Crippen LogP contribution is -2.15. The second-order valence-electron chi connectivity index (χ2n) is 5.65. The van der Waals surface area contributed by atoms with Crippen molar-refractivity contribution in [1.29, 1.82) is 0 Å². The van der Waals surface area contributed by atoms with Gasteiger partial charge in [0.25, 0.3) is 0 Å². The highest BCUT2D eigenvalue weighted by molar-refractivity contribution is 9.10. The molecule has 3 rings (SSSR count). The van der Waals surface area contributed by atoms with Crippen LogP contribution >= 0.6 is 50.9 Å². The van der Waals surface area contributed by atoms with Gasteiger partial charge in [-0.15, -0.1) is 10.2 Å². The molecule has 6 nitrogen and oxygen atoms in total. The number of hydrogen-bond donors (Lipinski definition) is 2. The molecule has 0 unspecified atom stereocenters. The van der Waals surface area contributed by atoms with Gasteiger partial charge in [-0.25, -0.2) is 0 Å². The van der Waals surface area contributed by atoms with Crippen molar-refractivity contribution < 1.29 is 9.90 Å². The van der Waals surface area contributed by atoms with Gasteiger partial charge in [-0.3, -0.25) is 4.79 Å². The van der Waals surface area contributed by atoms with Crippen LogP contribution in [-0.4, -0.2) is 31.5 Å². The largest absolute Gasteiger partial charge is 0.507 e. The fraction of sp³-hybridized carbons (Fsp3) is 0.167. The van der Waals surface area contributed by atoms with Gasteiger partial charge < -0.3 is 15.0 Å². The van der Waals surface area contributed by atoms with E-state index in [-0.39, 0.29) is 17.4 Å². The summed E-state index contributed by atoms with van der Waals surface area (Å²) < 4.78 is 2.65. The average molecular weight is 502 g/mol. The van der Waals surface area contributed by atoms with E-state index in [1.807, 2.05) is 11.5 Å². The van der Waals surface area contributed by atoms with Crippen LogP contribution in [0.3, 0.4) is 0 Å². The molecule has 146 valence electrons. The van der Waals surface area contributed by atoms with Gasteiger partial charge >= 0.3 is 0 Å². The van der Waals surface area contributed by atoms with Crippen molar-refractivity contribution in [3.05, 3.63) is 50.9 Å². The zero-order valence-corrected chi connectivity index (χ0v) is 18.5. The van der Waals surface area contributed by atoms with Crippen molar-refractivity contribution in [3.8, 4) is 17.1 Å². The molecule has 1 heterocycles. The van der Waals surface area contributed by atoms with E-state index in [0.29, 0.717) is 38.8 Å². The van der Waals surface area contributed by atoms with Crippen LogP contribution in [0.5, 0.6) is 5.75 Å². The molecule has 10 heteroatoms. The molecule has 0 aliphatic heterocycles. The normalized spacial score (nSPS) is 10.9. The lowest BCUT2D eigenvalue weighted by molar-refractivity contribution is -0.113. The monoisotopic (exact) mass is 500 g/mol. The average Bonchev–Trinajstić information content (AvgIpc) is 3.07. The van der Waals surface area contributed by atoms with Crippen LogP contribution in [0.25, 0.3) is 11.4 Å². The first-order valence-electron chi connectivity index (χ1n) is 8.19. The number of phenols is 1. The molecule has 0 saturated heterocycles. The lowest BCUT2D eigenvalue weighted by Gasteiger charge is -2.10. The van der Waals surface area contributed by atoms with Crippen LogP contribution in [0.2, 0.25) is 10.0 Å². The minimum Gasteiger partial charge on any atom is -0.507 e. The maximum absolute atomic E-state index is 12.3. The van der Waals surface area contributed by atoms with E-state index < -0.39 is 0 Å². The predicted octanol–water partition coefficient (Wildman–Crippen LogP) is 5.47. The molecule has 0 aliphatic carbocycles. The summed E-state index contributed by atoms with van der Waals surface area (Å²) in [6.07, 6.45) is 0. The molecular formula is C18H15BrCl2N4O2S. The number of nitrogens with one attached hydrogen (secondary N) is 1. The van der Waals surface area contributed by atoms with E-state index >= 15 is 0 Å². The standard InChI is InChI=1S/C18H15BrCl2N4O2S/c1-2-25-17(11-8-10(19)6-7-14(11)26)23-24-18(25)28-9-15(27)22-16-12(20)4-3-5-13(16)21/h3-8,26H,2,9H2,1H3,(H,22,27). The zero-order valence-electron chi connectivity index (χ0n) is 14.6. The second-order valence-corrected chi connectivity index (χ2v) is 8.32. The van der Waals surface area contributed by atoms with Gasteiger partial charge in [0.05, 0.1) is 27.0 Å². The third kappa shape index (κ3) is 4.63. The Morgan fingerprint density at radius 2 is 1.96 bits per heavy atom. The summed E-state index contributed by atoms with van der Waals surface area (Å²) in [5.74, 6) is 0.466. The number of halogens is 3. The van der Waals surface area contributed by atoms with Crippen molar-refractivity contribution in [2.24, 2.45) is 0 Å². The molecule has 2 N–H and O–H groups in total. The summed E-state index contributed by atoms with van der Waals surface area (Å²) in [7, 11) is 0. The van der Waals surface area contributed by atoms with E-state index in [4.69, 9.17) is 23.2 Å². The minimum atomic E-state index is -0.266. The highest BCUT2D eigenvalue weighted by Crippen LogP contribution is 2.33. The van der Waals surface area contributed by atoms with E-state index in [0.717, 1.165) is 4.47 Å².